The van der Waals surface area contributed by atoms with E-state index in [1.54, 1.807) is 0 Å². The first-order chi connectivity index (χ1) is 9.33. The van der Waals surface area contributed by atoms with Crippen LogP contribution >= 0.6 is 0 Å². The fourth-order valence-electron chi connectivity index (χ4n) is 2.17. The second kappa shape index (κ2) is 5.45. The summed E-state index contributed by atoms with van der Waals surface area (Å²) in [6.07, 6.45) is 3.59. The van der Waals surface area contributed by atoms with Gasteiger partial charge in [-0.2, -0.15) is 0 Å². The van der Waals surface area contributed by atoms with Crippen molar-refractivity contribution in [1.29, 1.82) is 0 Å². The van der Waals surface area contributed by atoms with Crippen molar-refractivity contribution < 1.29 is 4.79 Å². The summed E-state index contributed by atoms with van der Waals surface area (Å²) < 4.78 is 0. The molecule has 1 aromatic carbocycles. The molecule has 19 heavy (non-hydrogen) atoms. The minimum Gasteiger partial charge on any atom is -0.351 e. The maximum Gasteiger partial charge on any atom is 0.267 e. The lowest BCUT2D eigenvalue weighted by molar-refractivity contribution is 0.0949. The standard InChI is InChI=1S/C15H19N3O/c19-15(17-9-3-8-16-12-6-7-12)14-10-11-4-1-2-5-13(11)18-14/h1-2,4-5,10,12,16,18H,3,6-9H2,(H,17,19). The number of aromatic nitrogens is 1. The van der Waals surface area contributed by atoms with Gasteiger partial charge in [-0.25, -0.2) is 0 Å². The van der Waals surface area contributed by atoms with E-state index in [1.807, 2.05) is 30.3 Å². The molecule has 0 unspecified atom stereocenters. The third-order valence-electron chi connectivity index (χ3n) is 3.42. The molecule has 0 radical (unpaired) electrons. The number of aromatic amines is 1. The second-order valence-corrected chi connectivity index (χ2v) is 5.11. The first kappa shape index (κ1) is 12.2. The van der Waals surface area contributed by atoms with E-state index >= 15 is 0 Å². The van der Waals surface area contributed by atoms with Crippen molar-refractivity contribution >= 4 is 16.8 Å². The lowest BCUT2D eigenvalue weighted by Crippen LogP contribution is -2.28. The SMILES string of the molecule is O=C(NCCCNC1CC1)c1cc2ccccc2[nH]1. The van der Waals surface area contributed by atoms with Crippen LogP contribution in [0.25, 0.3) is 10.9 Å². The number of nitrogens with one attached hydrogen (secondary N) is 3. The highest BCUT2D eigenvalue weighted by atomic mass is 16.1. The van der Waals surface area contributed by atoms with Crippen LogP contribution in [0, 0.1) is 0 Å². The van der Waals surface area contributed by atoms with Gasteiger partial charge in [0.05, 0.1) is 0 Å². The molecule has 1 aliphatic carbocycles. The van der Waals surface area contributed by atoms with Gasteiger partial charge in [0.15, 0.2) is 0 Å². The lowest BCUT2D eigenvalue weighted by Gasteiger charge is -2.04. The van der Waals surface area contributed by atoms with Gasteiger partial charge in [0.2, 0.25) is 0 Å². The van der Waals surface area contributed by atoms with Gasteiger partial charge in [0.1, 0.15) is 5.69 Å². The zero-order valence-electron chi connectivity index (χ0n) is 10.9. The summed E-state index contributed by atoms with van der Waals surface area (Å²) in [6, 6.07) is 10.6. The maximum atomic E-state index is 12.0. The number of H-pyrrole nitrogens is 1. The third kappa shape index (κ3) is 3.15. The predicted octanol–water partition coefficient (Wildman–Crippen LogP) is 2.04. The van der Waals surface area contributed by atoms with Crippen LogP contribution in [0.15, 0.2) is 30.3 Å². The van der Waals surface area contributed by atoms with E-state index < -0.39 is 0 Å². The van der Waals surface area contributed by atoms with Crippen LogP contribution in [0.1, 0.15) is 29.8 Å². The summed E-state index contributed by atoms with van der Waals surface area (Å²) in [5.41, 5.74) is 1.64. The Bertz CT molecular complexity index is 539. The Morgan fingerprint density at radius 1 is 1.26 bits per heavy atom. The van der Waals surface area contributed by atoms with Gasteiger partial charge in [0, 0.05) is 23.5 Å². The Hall–Kier alpha value is -1.81. The molecule has 1 aromatic heterocycles. The molecule has 1 saturated carbocycles. The van der Waals surface area contributed by atoms with E-state index in [2.05, 4.69) is 15.6 Å². The first-order valence-corrected chi connectivity index (χ1v) is 6.92. The van der Waals surface area contributed by atoms with E-state index in [-0.39, 0.29) is 5.91 Å². The molecular weight excluding hydrogens is 238 g/mol. The Morgan fingerprint density at radius 2 is 2.11 bits per heavy atom. The Morgan fingerprint density at radius 3 is 2.89 bits per heavy atom. The highest BCUT2D eigenvalue weighted by Crippen LogP contribution is 2.18. The van der Waals surface area contributed by atoms with Crippen LogP contribution in [-0.2, 0) is 0 Å². The number of rotatable bonds is 6. The minimum atomic E-state index is -0.0254. The van der Waals surface area contributed by atoms with E-state index in [0.29, 0.717) is 12.2 Å². The molecule has 1 aliphatic rings. The van der Waals surface area contributed by atoms with Crippen LogP contribution in [0.2, 0.25) is 0 Å². The van der Waals surface area contributed by atoms with E-state index in [1.165, 1.54) is 12.8 Å². The van der Waals surface area contributed by atoms with E-state index in [0.717, 1.165) is 29.9 Å². The van der Waals surface area contributed by atoms with Gasteiger partial charge in [-0.3, -0.25) is 4.79 Å². The summed E-state index contributed by atoms with van der Waals surface area (Å²) in [5.74, 6) is -0.0254. The Balaban J connectivity index is 1.48. The fourth-order valence-corrected chi connectivity index (χ4v) is 2.17. The molecule has 1 heterocycles. The highest BCUT2D eigenvalue weighted by Gasteiger charge is 2.19. The zero-order valence-corrected chi connectivity index (χ0v) is 10.9. The van der Waals surface area contributed by atoms with Gasteiger partial charge < -0.3 is 15.6 Å². The molecule has 2 aromatic rings. The Kier molecular flexibility index (Phi) is 3.51. The van der Waals surface area contributed by atoms with Crippen molar-refractivity contribution in [2.24, 2.45) is 0 Å². The van der Waals surface area contributed by atoms with Crippen molar-refractivity contribution in [3.8, 4) is 0 Å². The van der Waals surface area contributed by atoms with E-state index in [9.17, 15) is 4.79 Å². The van der Waals surface area contributed by atoms with Crippen LogP contribution < -0.4 is 10.6 Å². The molecule has 0 spiro atoms. The molecule has 4 heteroatoms. The number of para-hydroxylation sites is 1. The molecule has 1 amide bonds. The summed E-state index contributed by atoms with van der Waals surface area (Å²) in [6.45, 7) is 1.70. The molecule has 0 saturated heterocycles. The van der Waals surface area contributed by atoms with E-state index in [4.69, 9.17) is 0 Å². The van der Waals surface area contributed by atoms with Crippen LogP contribution in [0.3, 0.4) is 0 Å². The summed E-state index contributed by atoms with van der Waals surface area (Å²) in [7, 11) is 0. The number of fused-ring (bicyclic) bond motifs is 1. The van der Waals surface area contributed by atoms with Crippen molar-refractivity contribution in [1.82, 2.24) is 15.6 Å². The number of benzene rings is 1. The average Bonchev–Trinajstić information content (AvgIpc) is 3.14. The largest absolute Gasteiger partial charge is 0.351 e. The van der Waals surface area contributed by atoms with Gasteiger partial charge >= 0.3 is 0 Å². The molecule has 1 fully saturated rings. The summed E-state index contributed by atoms with van der Waals surface area (Å²) in [4.78, 5) is 15.1. The normalized spacial score (nSPS) is 14.7. The number of hydrogen-bond donors (Lipinski definition) is 3. The molecule has 3 N–H and O–H groups in total. The predicted molar refractivity (Wildman–Crippen MR) is 76.3 cm³/mol. The van der Waals surface area contributed by atoms with Crippen molar-refractivity contribution in [3.05, 3.63) is 36.0 Å². The van der Waals surface area contributed by atoms with Crippen molar-refractivity contribution in [3.63, 3.8) is 0 Å². The maximum absolute atomic E-state index is 12.0. The van der Waals surface area contributed by atoms with Gasteiger partial charge in [0.25, 0.3) is 5.91 Å². The molecule has 0 atom stereocenters. The van der Waals surface area contributed by atoms with Crippen molar-refractivity contribution in [2.75, 3.05) is 13.1 Å². The van der Waals surface area contributed by atoms with Gasteiger partial charge in [-0.15, -0.1) is 0 Å². The highest BCUT2D eigenvalue weighted by molar-refractivity contribution is 5.97. The van der Waals surface area contributed by atoms with Crippen LogP contribution in [0.5, 0.6) is 0 Å². The number of hydrogen-bond acceptors (Lipinski definition) is 2. The Labute approximate surface area is 112 Å². The lowest BCUT2D eigenvalue weighted by atomic mass is 10.2. The number of carbonyl (C=O) groups is 1. The van der Waals surface area contributed by atoms with Gasteiger partial charge in [-0.1, -0.05) is 18.2 Å². The summed E-state index contributed by atoms with van der Waals surface area (Å²) >= 11 is 0. The average molecular weight is 257 g/mol. The quantitative estimate of drug-likeness (QED) is 0.694. The molecule has 3 rings (SSSR count). The smallest absolute Gasteiger partial charge is 0.267 e. The number of carbonyl (C=O) groups excluding carboxylic acids is 1. The summed E-state index contributed by atoms with van der Waals surface area (Å²) in [5, 5.41) is 7.45. The molecule has 0 aliphatic heterocycles. The zero-order chi connectivity index (χ0) is 13.1. The topological polar surface area (TPSA) is 56.9 Å². The first-order valence-electron chi connectivity index (χ1n) is 6.92. The molecule has 0 bridgehead atoms. The van der Waals surface area contributed by atoms with Crippen molar-refractivity contribution in [2.45, 2.75) is 25.3 Å². The van der Waals surface area contributed by atoms with Gasteiger partial charge in [-0.05, 0) is 37.9 Å². The van der Waals surface area contributed by atoms with Crippen LogP contribution in [-0.4, -0.2) is 30.0 Å². The molecular formula is C15H19N3O. The van der Waals surface area contributed by atoms with Crippen LogP contribution in [0.4, 0.5) is 0 Å². The second-order valence-electron chi connectivity index (χ2n) is 5.11. The third-order valence-corrected chi connectivity index (χ3v) is 3.42. The monoisotopic (exact) mass is 257 g/mol. The molecule has 100 valence electrons. The number of amides is 1. The minimum absolute atomic E-state index is 0.0254. The fraction of sp³-hybridized carbons (Fsp3) is 0.400. The molecule has 4 nitrogen and oxygen atoms in total.